The lowest BCUT2D eigenvalue weighted by Crippen LogP contribution is -2.46. The maximum Gasteiger partial charge on any atom is 0.191 e. The van der Waals surface area contributed by atoms with Crippen molar-refractivity contribution in [1.82, 2.24) is 15.5 Å². The first kappa shape index (κ1) is 23.3. The summed E-state index contributed by atoms with van der Waals surface area (Å²) in [4.78, 5) is 6.81. The highest BCUT2D eigenvalue weighted by atomic mass is 35.5. The second kappa shape index (κ2) is 13.1. The van der Waals surface area contributed by atoms with Crippen LogP contribution in [0.3, 0.4) is 0 Å². The Morgan fingerprint density at radius 3 is 2.87 bits per heavy atom. The SMILES string of the molecule is CN=C(NCCCOCC1CCOC1)NCC(c1cccc(Cl)c1)N1CCOCC1. The molecule has 3 rings (SSSR count). The molecule has 8 heteroatoms. The average Bonchev–Trinajstić information content (AvgIpc) is 3.29. The van der Waals surface area contributed by atoms with Crippen LogP contribution in [-0.2, 0) is 14.2 Å². The first-order valence-corrected chi connectivity index (χ1v) is 11.3. The molecule has 2 fully saturated rings. The monoisotopic (exact) mass is 438 g/mol. The summed E-state index contributed by atoms with van der Waals surface area (Å²) in [5.41, 5.74) is 1.21. The molecule has 0 aromatic heterocycles. The molecule has 0 radical (unpaired) electrons. The molecule has 2 heterocycles. The topological polar surface area (TPSA) is 67.4 Å². The van der Waals surface area contributed by atoms with Gasteiger partial charge in [0.05, 0.1) is 32.5 Å². The van der Waals surface area contributed by atoms with Gasteiger partial charge in [0.1, 0.15) is 0 Å². The average molecular weight is 439 g/mol. The molecular formula is C22H35ClN4O3. The quantitative estimate of drug-likeness (QED) is 0.332. The van der Waals surface area contributed by atoms with Gasteiger partial charge in [-0.1, -0.05) is 23.7 Å². The van der Waals surface area contributed by atoms with E-state index >= 15 is 0 Å². The number of benzene rings is 1. The molecule has 2 saturated heterocycles. The van der Waals surface area contributed by atoms with Gasteiger partial charge in [-0.15, -0.1) is 0 Å². The summed E-state index contributed by atoms with van der Waals surface area (Å²) in [7, 11) is 1.80. The number of morpholine rings is 1. The first-order chi connectivity index (χ1) is 14.8. The molecule has 2 N–H and O–H groups in total. The molecule has 2 aliphatic heterocycles. The van der Waals surface area contributed by atoms with Crippen LogP contribution in [0.4, 0.5) is 0 Å². The van der Waals surface area contributed by atoms with E-state index in [4.69, 9.17) is 25.8 Å². The minimum Gasteiger partial charge on any atom is -0.381 e. The van der Waals surface area contributed by atoms with Gasteiger partial charge in [0.2, 0.25) is 0 Å². The number of nitrogens with one attached hydrogen (secondary N) is 2. The van der Waals surface area contributed by atoms with Crippen LogP contribution in [0.5, 0.6) is 0 Å². The van der Waals surface area contributed by atoms with Crippen LogP contribution < -0.4 is 10.6 Å². The van der Waals surface area contributed by atoms with E-state index in [1.165, 1.54) is 5.56 Å². The first-order valence-electron chi connectivity index (χ1n) is 10.9. The Kier molecular flexibility index (Phi) is 10.2. The molecule has 0 aliphatic carbocycles. The Morgan fingerprint density at radius 1 is 1.27 bits per heavy atom. The number of halogens is 1. The predicted molar refractivity (Wildman–Crippen MR) is 120 cm³/mol. The lowest BCUT2D eigenvalue weighted by molar-refractivity contribution is 0.0170. The smallest absolute Gasteiger partial charge is 0.191 e. The molecule has 2 unspecified atom stereocenters. The van der Waals surface area contributed by atoms with E-state index in [1.807, 2.05) is 18.2 Å². The molecule has 0 amide bonds. The Balaban J connectivity index is 1.42. The Hall–Kier alpha value is -1.38. The summed E-state index contributed by atoms with van der Waals surface area (Å²) in [5, 5.41) is 7.62. The van der Waals surface area contributed by atoms with Gasteiger partial charge in [0.15, 0.2) is 5.96 Å². The molecule has 30 heavy (non-hydrogen) atoms. The standard InChI is InChI=1S/C22H35ClN4O3/c1-24-22(25-7-3-10-29-16-18-6-11-30-17-18)26-15-21(27-8-12-28-13-9-27)19-4-2-5-20(23)14-19/h2,4-5,14,18,21H,3,6-13,15-17H2,1H3,(H2,24,25,26). The maximum atomic E-state index is 6.25. The van der Waals surface area contributed by atoms with E-state index < -0.39 is 0 Å². The molecule has 168 valence electrons. The zero-order chi connectivity index (χ0) is 21.0. The van der Waals surface area contributed by atoms with Crippen molar-refractivity contribution in [3.05, 3.63) is 34.9 Å². The van der Waals surface area contributed by atoms with E-state index in [-0.39, 0.29) is 6.04 Å². The van der Waals surface area contributed by atoms with Crippen LogP contribution >= 0.6 is 11.6 Å². The largest absolute Gasteiger partial charge is 0.381 e. The molecule has 2 aliphatic rings. The summed E-state index contributed by atoms with van der Waals surface area (Å²) in [5.74, 6) is 1.37. The summed E-state index contributed by atoms with van der Waals surface area (Å²) < 4.78 is 16.7. The fraction of sp³-hybridized carbons (Fsp3) is 0.682. The normalized spacial score (nSPS) is 21.5. The third-order valence-corrected chi connectivity index (χ3v) is 5.78. The van der Waals surface area contributed by atoms with Crippen LogP contribution in [-0.4, -0.2) is 83.7 Å². The minimum atomic E-state index is 0.211. The van der Waals surface area contributed by atoms with Crippen molar-refractivity contribution in [2.45, 2.75) is 18.9 Å². The number of hydrogen-bond donors (Lipinski definition) is 2. The maximum absolute atomic E-state index is 6.25. The van der Waals surface area contributed by atoms with Gasteiger partial charge in [-0.25, -0.2) is 0 Å². The van der Waals surface area contributed by atoms with Crippen LogP contribution in [0.15, 0.2) is 29.3 Å². The lowest BCUT2D eigenvalue weighted by atomic mass is 10.0. The van der Waals surface area contributed by atoms with Crippen molar-refractivity contribution >= 4 is 17.6 Å². The summed E-state index contributed by atoms with van der Waals surface area (Å²) in [6.07, 6.45) is 2.06. The zero-order valence-corrected chi connectivity index (χ0v) is 18.7. The highest BCUT2D eigenvalue weighted by Gasteiger charge is 2.23. The third-order valence-electron chi connectivity index (χ3n) is 5.54. The van der Waals surface area contributed by atoms with Gasteiger partial charge in [0, 0.05) is 57.4 Å². The highest BCUT2D eigenvalue weighted by molar-refractivity contribution is 6.30. The number of guanidine groups is 1. The van der Waals surface area contributed by atoms with E-state index in [2.05, 4.69) is 26.6 Å². The summed E-state index contributed by atoms with van der Waals surface area (Å²) >= 11 is 6.25. The molecular weight excluding hydrogens is 404 g/mol. The van der Waals surface area contributed by atoms with Gasteiger partial charge in [-0.2, -0.15) is 0 Å². The molecule has 1 aromatic carbocycles. The van der Waals surface area contributed by atoms with Gasteiger partial charge in [-0.05, 0) is 30.5 Å². The minimum absolute atomic E-state index is 0.211. The van der Waals surface area contributed by atoms with Crippen LogP contribution in [0, 0.1) is 5.92 Å². The molecule has 0 saturated carbocycles. The number of nitrogens with zero attached hydrogens (tertiary/aromatic N) is 2. The number of ether oxygens (including phenoxy) is 3. The van der Waals surface area contributed by atoms with E-state index in [0.717, 1.165) is 89.6 Å². The van der Waals surface area contributed by atoms with Crippen LogP contribution in [0.2, 0.25) is 5.02 Å². The van der Waals surface area contributed by atoms with E-state index in [0.29, 0.717) is 5.92 Å². The second-order valence-corrected chi connectivity index (χ2v) is 8.19. The van der Waals surface area contributed by atoms with Gasteiger partial charge in [-0.3, -0.25) is 9.89 Å². The Morgan fingerprint density at radius 2 is 2.13 bits per heavy atom. The number of aliphatic imine (C=N–C) groups is 1. The lowest BCUT2D eigenvalue weighted by Gasteiger charge is -2.35. The highest BCUT2D eigenvalue weighted by Crippen LogP contribution is 2.24. The fourth-order valence-electron chi connectivity index (χ4n) is 3.82. The zero-order valence-electron chi connectivity index (χ0n) is 17.9. The molecule has 0 bridgehead atoms. The van der Waals surface area contributed by atoms with Gasteiger partial charge >= 0.3 is 0 Å². The second-order valence-electron chi connectivity index (χ2n) is 7.76. The van der Waals surface area contributed by atoms with E-state index in [9.17, 15) is 0 Å². The summed E-state index contributed by atoms with van der Waals surface area (Å²) in [6, 6.07) is 8.32. The fourth-order valence-corrected chi connectivity index (χ4v) is 4.02. The molecule has 7 nitrogen and oxygen atoms in total. The van der Waals surface area contributed by atoms with Gasteiger partial charge in [0.25, 0.3) is 0 Å². The van der Waals surface area contributed by atoms with Crippen molar-refractivity contribution in [2.24, 2.45) is 10.9 Å². The van der Waals surface area contributed by atoms with Crippen LogP contribution in [0.1, 0.15) is 24.4 Å². The summed E-state index contributed by atoms with van der Waals surface area (Å²) in [6.45, 7) is 8.17. The van der Waals surface area contributed by atoms with Crippen molar-refractivity contribution < 1.29 is 14.2 Å². The Labute approximate surface area is 185 Å². The van der Waals surface area contributed by atoms with Crippen molar-refractivity contribution in [2.75, 3.05) is 72.9 Å². The van der Waals surface area contributed by atoms with Gasteiger partial charge < -0.3 is 24.8 Å². The van der Waals surface area contributed by atoms with E-state index in [1.54, 1.807) is 7.05 Å². The molecule has 2 atom stereocenters. The third kappa shape index (κ3) is 7.71. The Bertz CT molecular complexity index is 649. The van der Waals surface area contributed by atoms with Crippen molar-refractivity contribution in [3.63, 3.8) is 0 Å². The van der Waals surface area contributed by atoms with Crippen molar-refractivity contribution in [3.8, 4) is 0 Å². The predicted octanol–water partition coefficient (Wildman–Crippen LogP) is 2.32. The van der Waals surface area contributed by atoms with Crippen molar-refractivity contribution in [1.29, 1.82) is 0 Å². The number of hydrogen-bond acceptors (Lipinski definition) is 5. The molecule has 0 spiro atoms. The molecule has 1 aromatic rings. The van der Waals surface area contributed by atoms with Crippen LogP contribution in [0.25, 0.3) is 0 Å². The number of rotatable bonds is 10.